The maximum Gasteiger partial charge on any atom is 0.330 e. The fourth-order valence-corrected chi connectivity index (χ4v) is 5.86. The van der Waals surface area contributed by atoms with Crippen LogP contribution in [0.15, 0.2) is 60.8 Å². The van der Waals surface area contributed by atoms with Crippen LogP contribution in [0.25, 0.3) is 0 Å². The van der Waals surface area contributed by atoms with Crippen LogP contribution < -0.4 is 5.73 Å². The number of aliphatic hydroxyl groups is 7. The maximum atomic E-state index is 12.3. The molecule has 276 valence electrons. The number of carbonyl (C=O) groups excluding carboxylic acids is 1. The van der Waals surface area contributed by atoms with E-state index in [1.807, 2.05) is 13.0 Å². The topological polar surface area (TPSA) is 259 Å². The monoisotopic (exact) mass is 697 g/mol. The van der Waals surface area contributed by atoms with Crippen molar-refractivity contribution in [2.24, 2.45) is 17.6 Å². The molecule has 3 aliphatic rings. The minimum absolute atomic E-state index is 0.171. The summed E-state index contributed by atoms with van der Waals surface area (Å²) in [6, 6.07) is -1.11. The Kier molecular flexibility index (Phi) is 15.3. The molecule has 0 aromatic rings. The van der Waals surface area contributed by atoms with Crippen LogP contribution in [0.4, 0.5) is 0 Å². The van der Waals surface area contributed by atoms with Crippen LogP contribution in [-0.4, -0.2) is 132 Å². The van der Waals surface area contributed by atoms with E-state index in [9.17, 15) is 50.4 Å². The van der Waals surface area contributed by atoms with Crippen LogP contribution in [-0.2, 0) is 28.5 Å². The third kappa shape index (κ3) is 11.9. The highest BCUT2D eigenvalue weighted by atomic mass is 16.7. The molecule has 2 saturated heterocycles. The lowest BCUT2D eigenvalue weighted by Gasteiger charge is -2.45. The van der Waals surface area contributed by atoms with E-state index in [0.29, 0.717) is 0 Å². The fraction of sp³-hybridized carbons (Fsp3) is 0.647. The first kappa shape index (κ1) is 40.6. The molecule has 2 fully saturated rings. The number of fused-ring (bicyclic) bond motifs is 2. The quantitative estimate of drug-likeness (QED) is 0.166. The number of hydrogen-bond donors (Lipinski definition) is 9. The molecule has 3 aliphatic heterocycles. The summed E-state index contributed by atoms with van der Waals surface area (Å²) in [6.07, 6.45) is -0.575. The molecule has 15 unspecified atom stereocenters. The van der Waals surface area contributed by atoms with Crippen molar-refractivity contribution in [2.45, 2.75) is 126 Å². The molecule has 49 heavy (non-hydrogen) atoms. The van der Waals surface area contributed by atoms with Crippen molar-refractivity contribution in [1.82, 2.24) is 0 Å². The minimum atomic E-state index is -2.27. The number of carboxylic acid groups (broad SMARTS) is 1. The van der Waals surface area contributed by atoms with Crippen LogP contribution in [0.1, 0.15) is 46.5 Å². The summed E-state index contributed by atoms with van der Waals surface area (Å²) in [5.41, 5.74) is 5.96. The largest absolute Gasteiger partial charge is 0.481 e. The second-order valence-corrected chi connectivity index (χ2v) is 13.0. The third-order valence-electron chi connectivity index (χ3n) is 8.90. The van der Waals surface area contributed by atoms with E-state index < -0.39 is 116 Å². The van der Waals surface area contributed by atoms with Crippen LogP contribution >= 0.6 is 0 Å². The Morgan fingerprint density at radius 3 is 2.14 bits per heavy atom. The fourth-order valence-electron chi connectivity index (χ4n) is 5.86. The summed E-state index contributed by atoms with van der Waals surface area (Å²) in [6.45, 7) is 5.09. The zero-order valence-electron chi connectivity index (χ0n) is 27.8. The lowest BCUT2D eigenvalue weighted by Crippen LogP contribution is -2.61. The summed E-state index contributed by atoms with van der Waals surface area (Å²) in [5.74, 6) is -6.15. The Morgan fingerprint density at radius 2 is 1.49 bits per heavy atom. The zero-order valence-corrected chi connectivity index (χ0v) is 27.8. The van der Waals surface area contributed by atoms with E-state index in [-0.39, 0.29) is 12.3 Å². The van der Waals surface area contributed by atoms with Gasteiger partial charge in [0, 0.05) is 37.7 Å². The second kappa shape index (κ2) is 18.4. The number of hydrogen-bond acceptors (Lipinski definition) is 14. The molecule has 0 aliphatic carbocycles. The predicted octanol–water partition coefficient (Wildman–Crippen LogP) is -0.680. The van der Waals surface area contributed by atoms with Gasteiger partial charge in [0.2, 0.25) is 0 Å². The molecular formula is C34H51NO14. The van der Waals surface area contributed by atoms with Crippen molar-refractivity contribution in [3.63, 3.8) is 0 Å². The first-order chi connectivity index (χ1) is 23.0. The lowest BCUT2D eigenvalue weighted by atomic mass is 9.82. The third-order valence-corrected chi connectivity index (χ3v) is 8.90. The number of aliphatic carboxylic acids is 1. The number of ether oxygens (including phenoxy) is 4. The van der Waals surface area contributed by atoms with E-state index in [2.05, 4.69) is 0 Å². The van der Waals surface area contributed by atoms with Crippen molar-refractivity contribution in [3.8, 4) is 0 Å². The summed E-state index contributed by atoms with van der Waals surface area (Å²) in [7, 11) is 0. The maximum absolute atomic E-state index is 12.3. The molecule has 0 aromatic carbocycles. The number of allylic oxidation sites excluding steroid dienone is 6. The molecule has 15 heteroatoms. The van der Waals surface area contributed by atoms with Gasteiger partial charge in [-0.3, -0.25) is 4.79 Å². The average Bonchev–Trinajstić information content (AvgIpc) is 3.00. The van der Waals surface area contributed by atoms with Gasteiger partial charge in [-0.2, -0.15) is 0 Å². The smallest absolute Gasteiger partial charge is 0.330 e. The van der Waals surface area contributed by atoms with Crippen LogP contribution in [0.3, 0.4) is 0 Å². The molecule has 0 radical (unpaired) electrons. The van der Waals surface area contributed by atoms with Crippen molar-refractivity contribution in [1.29, 1.82) is 0 Å². The van der Waals surface area contributed by atoms with E-state index >= 15 is 0 Å². The molecule has 2 bridgehead atoms. The molecule has 3 heterocycles. The predicted molar refractivity (Wildman–Crippen MR) is 173 cm³/mol. The van der Waals surface area contributed by atoms with Gasteiger partial charge in [0.15, 0.2) is 12.1 Å². The Morgan fingerprint density at radius 1 is 0.857 bits per heavy atom. The van der Waals surface area contributed by atoms with Gasteiger partial charge in [0.1, 0.15) is 18.1 Å². The molecule has 0 spiro atoms. The summed E-state index contributed by atoms with van der Waals surface area (Å²) >= 11 is 0. The number of rotatable bonds is 3. The van der Waals surface area contributed by atoms with Gasteiger partial charge in [0.05, 0.1) is 54.9 Å². The number of nitrogens with two attached hydrogens (primary N) is 1. The molecular weight excluding hydrogens is 646 g/mol. The van der Waals surface area contributed by atoms with Crippen LogP contribution in [0.5, 0.6) is 0 Å². The van der Waals surface area contributed by atoms with Crippen LogP contribution in [0.2, 0.25) is 0 Å². The van der Waals surface area contributed by atoms with Crippen molar-refractivity contribution >= 4 is 11.9 Å². The highest BCUT2D eigenvalue weighted by molar-refractivity contribution is 5.82. The summed E-state index contributed by atoms with van der Waals surface area (Å²) < 4.78 is 22.9. The molecule has 0 saturated carbocycles. The van der Waals surface area contributed by atoms with E-state index in [0.717, 1.165) is 12.2 Å². The highest BCUT2D eigenvalue weighted by Gasteiger charge is 2.51. The average molecular weight is 698 g/mol. The normalized spacial score (nSPS) is 46.1. The Balaban J connectivity index is 1.94. The van der Waals surface area contributed by atoms with Crippen molar-refractivity contribution in [2.75, 3.05) is 0 Å². The molecule has 15 atom stereocenters. The molecule has 3 rings (SSSR count). The minimum Gasteiger partial charge on any atom is -0.481 e. The summed E-state index contributed by atoms with van der Waals surface area (Å²) in [5, 5.41) is 84.7. The van der Waals surface area contributed by atoms with E-state index in [1.54, 1.807) is 50.3 Å². The van der Waals surface area contributed by atoms with Gasteiger partial charge >= 0.3 is 11.9 Å². The Labute approximate surface area is 285 Å². The number of carboxylic acids is 1. The van der Waals surface area contributed by atoms with E-state index in [4.69, 9.17) is 24.7 Å². The second-order valence-electron chi connectivity index (χ2n) is 13.0. The first-order valence-electron chi connectivity index (χ1n) is 16.4. The lowest BCUT2D eigenvalue weighted by molar-refractivity contribution is -0.308. The number of aliphatic hydroxyl groups excluding tert-OH is 6. The molecule has 10 N–H and O–H groups in total. The van der Waals surface area contributed by atoms with Crippen molar-refractivity contribution in [3.05, 3.63) is 60.8 Å². The molecule has 15 nitrogen and oxygen atoms in total. The molecule has 0 aromatic heterocycles. The van der Waals surface area contributed by atoms with Gasteiger partial charge in [-0.15, -0.1) is 0 Å². The van der Waals surface area contributed by atoms with Gasteiger partial charge in [-0.1, -0.05) is 55.5 Å². The number of esters is 1. The van der Waals surface area contributed by atoms with E-state index in [1.165, 1.54) is 6.08 Å². The SMILES string of the molecule is CC1/C=C/C=C/C=C/C=CC(OC2OC(C)C(O)C(N)C2O)CC2OC(O)(CC(O)CC(O)C(O)/C=C/C(=O)OC1C)CC(O)C2C(=O)O. The van der Waals surface area contributed by atoms with Gasteiger partial charge in [0.25, 0.3) is 0 Å². The van der Waals surface area contributed by atoms with Gasteiger partial charge < -0.3 is 65.5 Å². The van der Waals surface area contributed by atoms with Crippen LogP contribution in [0, 0.1) is 11.8 Å². The molecule has 0 amide bonds. The Hall–Kier alpha value is -2.80. The first-order valence-corrected chi connectivity index (χ1v) is 16.4. The highest BCUT2D eigenvalue weighted by Crippen LogP contribution is 2.38. The number of cyclic esters (lactones) is 1. The Bertz CT molecular complexity index is 1240. The zero-order chi connectivity index (χ0) is 36.5. The van der Waals surface area contributed by atoms with Gasteiger partial charge in [-0.25, -0.2) is 4.79 Å². The standard InChI is InChI=1S/C34H51NO14/c1-18-10-8-6-4-5-7-9-11-22(48-33-31(42)29(35)30(41)20(3)47-33)15-26-28(32(43)44)25(39)17-34(45,49-26)16-21(36)14-24(38)23(37)12-13-27(40)46-19(18)2/h4-13,18-26,28-31,33,36-39,41-42,45H,14-17,35H2,1-3H3,(H,43,44)/b6-4+,7-5+,10-8+,11-9?,13-12+. The summed E-state index contributed by atoms with van der Waals surface area (Å²) in [4.78, 5) is 24.5. The van der Waals surface area contributed by atoms with Gasteiger partial charge in [-0.05, 0) is 19.9 Å². The van der Waals surface area contributed by atoms with Crippen molar-refractivity contribution < 1.29 is 69.4 Å². The number of carbonyl (C=O) groups is 2.